The molecule has 0 spiro atoms. The highest BCUT2D eigenvalue weighted by atomic mass is 35.6. The van der Waals surface area contributed by atoms with Gasteiger partial charge in [0, 0.05) is 22.6 Å². The number of hydrogen-bond donors (Lipinski definition) is 1. The number of nitrogens with zero attached hydrogens (tertiary/aromatic N) is 2. The zero-order valence-corrected chi connectivity index (χ0v) is 23.2. The van der Waals surface area contributed by atoms with Crippen molar-refractivity contribution in [2.75, 3.05) is 10.2 Å². The topological polar surface area (TPSA) is 71.4 Å². The van der Waals surface area contributed by atoms with E-state index in [9.17, 15) is 27.6 Å². The fraction of sp³-hybridized carbons (Fsp3) is 0.138. The molecule has 0 unspecified atom stereocenters. The van der Waals surface area contributed by atoms with E-state index >= 15 is 0 Å². The molecule has 1 aromatic heterocycles. The second-order valence-corrected chi connectivity index (χ2v) is 11.5. The fourth-order valence-corrected chi connectivity index (χ4v) is 4.95. The van der Waals surface area contributed by atoms with Crippen LogP contribution in [0.25, 0.3) is 0 Å². The average molecular weight is 621 g/mol. The van der Waals surface area contributed by atoms with E-state index in [-0.39, 0.29) is 35.9 Å². The lowest BCUT2D eigenvalue weighted by molar-refractivity contribution is -0.137. The number of para-hydroxylation sites is 1. The van der Waals surface area contributed by atoms with Crippen molar-refractivity contribution in [3.8, 4) is 0 Å². The summed E-state index contributed by atoms with van der Waals surface area (Å²) >= 11 is 17.6. The minimum atomic E-state index is -4.69. The Morgan fingerprint density at radius 2 is 1.44 bits per heavy atom. The summed E-state index contributed by atoms with van der Waals surface area (Å²) in [5.41, 5.74) is 1.12. The van der Waals surface area contributed by atoms with Crippen molar-refractivity contribution in [3.05, 3.63) is 119 Å². The maximum atomic E-state index is 13.7. The van der Waals surface area contributed by atoms with Gasteiger partial charge in [0.15, 0.2) is 0 Å². The third-order valence-corrected chi connectivity index (χ3v) is 7.12. The van der Waals surface area contributed by atoms with E-state index in [1.807, 2.05) is 6.07 Å². The first kappa shape index (κ1) is 28.7. The van der Waals surface area contributed by atoms with E-state index < -0.39 is 32.8 Å². The van der Waals surface area contributed by atoms with Crippen molar-refractivity contribution < 1.29 is 27.6 Å². The van der Waals surface area contributed by atoms with Gasteiger partial charge < -0.3 is 14.8 Å². The number of carbonyl (C=O) groups excluding carboxylic acids is 3. The molecular formula is C29H19Cl3F3N3O3. The highest BCUT2D eigenvalue weighted by molar-refractivity contribution is 6.77. The van der Waals surface area contributed by atoms with Gasteiger partial charge in [-0.05, 0) is 60.2 Å². The number of ketones is 1. The highest BCUT2D eigenvalue weighted by Gasteiger charge is 2.36. The summed E-state index contributed by atoms with van der Waals surface area (Å²) in [5, 5.41) is 2.45. The average Bonchev–Trinajstić information content (AvgIpc) is 3.24. The Kier molecular flexibility index (Phi) is 7.63. The van der Waals surface area contributed by atoms with Crippen LogP contribution in [0.4, 0.5) is 24.5 Å². The second kappa shape index (κ2) is 10.9. The molecule has 6 nitrogen and oxygen atoms in total. The monoisotopic (exact) mass is 619 g/mol. The molecule has 41 heavy (non-hydrogen) atoms. The van der Waals surface area contributed by atoms with Gasteiger partial charge in [0.05, 0.1) is 29.9 Å². The smallest absolute Gasteiger partial charge is 0.336 e. The molecule has 2 amide bonds. The summed E-state index contributed by atoms with van der Waals surface area (Å²) in [4.78, 5) is 40.6. The van der Waals surface area contributed by atoms with Crippen molar-refractivity contribution in [3.63, 3.8) is 0 Å². The molecule has 0 fully saturated rings. The van der Waals surface area contributed by atoms with Gasteiger partial charge in [-0.15, -0.1) is 0 Å². The Bertz CT molecular complexity index is 1660. The number of rotatable bonds is 4. The van der Waals surface area contributed by atoms with E-state index in [1.165, 1.54) is 36.4 Å². The zero-order chi connectivity index (χ0) is 29.5. The standard InChI is InChI=1S/C29H19Cl3F3N3O3/c30-28(31,32)25(39)24-14-13-20-16-38(23-8-4-1-5-18(23)15-37(20)24)27(41)17-9-11-19(12-10-17)36-26(40)21-6-2-3-7-22(21)29(33,34)35/h1-14H,15-16H2,(H,36,40). The Hall–Kier alpha value is -3.79. The Morgan fingerprint density at radius 3 is 2.12 bits per heavy atom. The lowest BCUT2D eigenvalue weighted by Gasteiger charge is -2.23. The molecule has 1 aliphatic rings. The van der Waals surface area contributed by atoms with Gasteiger partial charge in [-0.1, -0.05) is 65.1 Å². The number of hydrogen-bond acceptors (Lipinski definition) is 3. The molecule has 12 heteroatoms. The summed E-state index contributed by atoms with van der Waals surface area (Å²) in [6.07, 6.45) is -4.69. The summed E-state index contributed by atoms with van der Waals surface area (Å²) in [6.45, 7) is 0.365. The molecule has 0 atom stereocenters. The van der Waals surface area contributed by atoms with Crippen LogP contribution in [-0.2, 0) is 19.3 Å². The molecule has 2 heterocycles. The largest absolute Gasteiger partial charge is 0.417 e. The van der Waals surface area contributed by atoms with Gasteiger partial charge >= 0.3 is 6.18 Å². The van der Waals surface area contributed by atoms with Crippen molar-refractivity contribution in [1.29, 1.82) is 0 Å². The van der Waals surface area contributed by atoms with Crippen LogP contribution in [0.3, 0.4) is 0 Å². The van der Waals surface area contributed by atoms with Gasteiger partial charge in [-0.25, -0.2) is 0 Å². The van der Waals surface area contributed by atoms with E-state index in [4.69, 9.17) is 34.8 Å². The van der Waals surface area contributed by atoms with Crippen LogP contribution in [0.15, 0.2) is 84.9 Å². The number of benzene rings is 3. The number of carbonyl (C=O) groups is 3. The van der Waals surface area contributed by atoms with Crippen LogP contribution >= 0.6 is 34.8 Å². The number of nitrogens with one attached hydrogen (secondary N) is 1. The normalized spacial score (nSPS) is 13.2. The quantitative estimate of drug-likeness (QED) is 0.190. The van der Waals surface area contributed by atoms with Crippen LogP contribution in [0.1, 0.15) is 48.0 Å². The van der Waals surface area contributed by atoms with E-state index in [0.717, 1.165) is 17.7 Å². The van der Waals surface area contributed by atoms with E-state index in [2.05, 4.69) is 5.32 Å². The van der Waals surface area contributed by atoms with Gasteiger partial charge in [-0.3, -0.25) is 14.4 Å². The second-order valence-electron chi connectivity index (χ2n) is 9.22. The molecule has 1 aliphatic heterocycles. The summed E-state index contributed by atoms with van der Waals surface area (Å²) in [6, 6.07) is 20.7. The maximum absolute atomic E-state index is 13.7. The predicted octanol–water partition coefficient (Wildman–Crippen LogP) is 7.52. The third kappa shape index (κ3) is 5.84. The van der Waals surface area contributed by atoms with Crippen molar-refractivity contribution in [2.24, 2.45) is 0 Å². The van der Waals surface area contributed by atoms with Crippen LogP contribution in [0.2, 0.25) is 0 Å². The first-order valence-electron chi connectivity index (χ1n) is 12.1. The summed E-state index contributed by atoms with van der Waals surface area (Å²) in [7, 11) is 0. The number of amides is 2. The summed E-state index contributed by atoms with van der Waals surface area (Å²) < 4.78 is 39.5. The molecule has 1 N–H and O–H groups in total. The highest BCUT2D eigenvalue weighted by Crippen LogP contribution is 2.35. The number of halogens is 6. The van der Waals surface area contributed by atoms with Crippen molar-refractivity contribution >= 4 is 63.8 Å². The molecular weight excluding hydrogens is 602 g/mol. The van der Waals surface area contributed by atoms with Gasteiger partial charge in [0.25, 0.3) is 15.6 Å². The van der Waals surface area contributed by atoms with Crippen molar-refractivity contribution in [2.45, 2.75) is 23.1 Å². The minimum absolute atomic E-state index is 0.107. The van der Waals surface area contributed by atoms with Crippen molar-refractivity contribution in [1.82, 2.24) is 4.57 Å². The van der Waals surface area contributed by atoms with E-state index in [0.29, 0.717) is 11.4 Å². The first-order valence-corrected chi connectivity index (χ1v) is 13.3. The number of fused-ring (bicyclic) bond motifs is 2. The van der Waals surface area contributed by atoms with Crippen LogP contribution in [-0.4, -0.2) is 26.0 Å². The Labute approximate surface area is 247 Å². The Morgan fingerprint density at radius 1 is 0.780 bits per heavy atom. The molecule has 0 radical (unpaired) electrons. The maximum Gasteiger partial charge on any atom is 0.417 e. The molecule has 0 aliphatic carbocycles. The Balaban J connectivity index is 1.41. The fourth-order valence-electron chi connectivity index (χ4n) is 4.66. The minimum Gasteiger partial charge on any atom is -0.336 e. The SMILES string of the molecule is O=C(Nc1ccc(C(=O)N2Cc3ccc(C(=O)C(Cl)(Cl)Cl)n3Cc3ccccc32)cc1)c1ccccc1C(F)(F)F. The summed E-state index contributed by atoms with van der Waals surface area (Å²) in [5.74, 6) is -2.00. The first-order chi connectivity index (χ1) is 19.3. The lowest BCUT2D eigenvalue weighted by atomic mass is 10.1. The molecule has 0 bridgehead atoms. The number of aromatic nitrogens is 1. The van der Waals surface area contributed by atoms with Gasteiger partial charge in [-0.2, -0.15) is 13.2 Å². The lowest BCUT2D eigenvalue weighted by Crippen LogP contribution is -2.30. The number of anilines is 2. The van der Waals surface area contributed by atoms with E-state index in [1.54, 1.807) is 39.8 Å². The van der Waals surface area contributed by atoms with Crippen LogP contribution < -0.4 is 10.2 Å². The predicted molar refractivity (Wildman–Crippen MR) is 151 cm³/mol. The van der Waals surface area contributed by atoms with Gasteiger partial charge in [0.2, 0.25) is 5.78 Å². The van der Waals surface area contributed by atoms with Gasteiger partial charge in [0.1, 0.15) is 0 Å². The van der Waals surface area contributed by atoms with Crippen LogP contribution in [0.5, 0.6) is 0 Å². The number of Topliss-reactive ketones (excluding diaryl/α,β-unsaturated/α-hetero) is 1. The molecule has 0 saturated carbocycles. The molecule has 4 aromatic rings. The molecule has 210 valence electrons. The number of alkyl halides is 6. The third-order valence-electron chi connectivity index (χ3n) is 6.60. The zero-order valence-electron chi connectivity index (χ0n) is 20.9. The molecule has 5 rings (SSSR count). The molecule has 3 aromatic carbocycles. The van der Waals surface area contributed by atoms with Crippen LogP contribution in [0, 0.1) is 0 Å². The molecule has 0 saturated heterocycles.